The third-order valence-electron chi connectivity index (χ3n) is 6.93. The summed E-state index contributed by atoms with van der Waals surface area (Å²) in [7, 11) is 0. The van der Waals surface area contributed by atoms with Crippen LogP contribution in [0.1, 0.15) is 55.7 Å². The Kier molecular flexibility index (Phi) is 2.65. The van der Waals surface area contributed by atoms with Gasteiger partial charge in [-0.05, 0) is 31.1 Å². The summed E-state index contributed by atoms with van der Waals surface area (Å²) in [6, 6.07) is -0.282. The molecule has 2 saturated carbocycles. The Labute approximate surface area is 138 Å². The van der Waals surface area contributed by atoms with Gasteiger partial charge < -0.3 is 4.90 Å². The Bertz CT molecular complexity index is 752. The van der Waals surface area contributed by atoms with Gasteiger partial charge in [-0.1, -0.05) is 6.92 Å². The maximum Gasteiger partial charge on any atom is 0.262 e. The van der Waals surface area contributed by atoms with Crippen molar-refractivity contribution in [2.75, 3.05) is 6.54 Å². The highest BCUT2D eigenvalue weighted by Crippen LogP contribution is 2.65. The van der Waals surface area contributed by atoms with Gasteiger partial charge in [0.2, 0.25) is 5.91 Å². The fourth-order valence-electron chi connectivity index (χ4n) is 5.84. The number of halogens is 3. The van der Waals surface area contributed by atoms with Crippen molar-refractivity contribution >= 4 is 5.91 Å². The summed E-state index contributed by atoms with van der Waals surface area (Å²) in [5.41, 5.74) is -0.203. The van der Waals surface area contributed by atoms with Gasteiger partial charge in [0, 0.05) is 36.2 Å². The molecule has 1 amide bonds. The number of nitrogens with zero attached hydrogens (tertiary/aromatic N) is 2. The van der Waals surface area contributed by atoms with Crippen LogP contribution in [0.4, 0.5) is 13.2 Å². The molecule has 3 fully saturated rings. The first-order valence-corrected chi connectivity index (χ1v) is 8.68. The number of hydrogen-bond donors (Lipinski definition) is 0. The van der Waals surface area contributed by atoms with Crippen LogP contribution in [-0.2, 0) is 4.79 Å². The molecule has 1 aliphatic heterocycles. The molecule has 6 heteroatoms. The number of amides is 1. The van der Waals surface area contributed by atoms with E-state index in [9.17, 15) is 18.0 Å². The zero-order valence-electron chi connectivity index (χ0n) is 13.4. The van der Waals surface area contributed by atoms with E-state index in [1.807, 2.05) is 6.92 Å². The van der Waals surface area contributed by atoms with Crippen molar-refractivity contribution in [2.24, 2.45) is 17.3 Å². The Morgan fingerprint density at radius 1 is 1.33 bits per heavy atom. The number of aromatic nitrogens is 1. The number of carbonyl (C=O) groups is 1. The largest absolute Gasteiger partial charge is 0.334 e. The first kappa shape index (κ1) is 14.7. The fourth-order valence-corrected chi connectivity index (χ4v) is 5.84. The molecule has 3 aliphatic carbocycles. The Hall–Kier alpha value is -1.59. The normalized spacial score (nSPS) is 41.1. The van der Waals surface area contributed by atoms with Gasteiger partial charge in [-0.15, -0.1) is 0 Å². The summed E-state index contributed by atoms with van der Waals surface area (Å²) >= 11 is 0. The SMILES string of the molecule is C[C@H]1CN(C(=O)C23CCC(CC2(F)F)C3)[C@@H]2c3cncc(F)c3C21. The van der Waals surface area contributed by atoms with E-state index in [1.165, 1.54) is 6.20 Å². The average Bonchev–Trinajstić information content (AvgIpc) is 3.10. The van der Waals surface area contributed by atoms with Crippen LogP contribution in [0.5, 0.6) is 0 Å². The number of pyridine rings is 1. The van der Waals surface area contributed by atoms with E-state index in [4.69, 9.17) is 0 Å². The monoisotopic (exact) mass is 336 g/mol. The van der Waals surface area contributed by atoms with Gasteiger partial charge in [-0.25, -0.2) is 13.2 Å². The maximum atomic E-state index is 14.6. The summed E-state index contributed by atoms with van der Waals surface area (Å²) in [4.78, 5) is 18.7. The zero-order chi connectivity index (χ0) is 16.9. The molecule has 1 aromatic rings. The van der Waals surface area contributed by atoms with E-state index in [-0.39, 0.29) is 42.5 Å². The molecule has 3 nitrogen and oxygen atoms in total. The maximum absolute atomic E-state index is 14.6. The van der Waals surface area contributed by atoms with Crippen molar-refractivity contribution in [3.63, 3.8) is 0 Å². The summed E-state index contributed by atoms with van der Waals surface area (Å²) in [6.45, 7) is 2.39. The molecule has 0 N–H and O–H groups in total. The van der Waals surface area contributed by atoms with E-state index in [2.05, 4.69) is 4.98 Å². The molecule has 1 saturated heterocycles. The Balaban J connectivity index is 1.54. The Morgan fingerprint density at radius 2 is 2.12 bits per heavy atom. The number of likely N-dealkylation sites (tertiary alicyclic amines) is 1. The van der Waals surface area contributed by atoms with E-state index in [0.717, 1.165) is 0 Å². The molecule has 2 bridgehead atoms. The first-order valence-electron chi connectivity index (χ1n) is 8.68. The van der Waals surface area contributed by atoms with Gasteiger partial charge in [-0.3, -0.25) is 9.78 Å². The lowest BCUT2D eigenvalue weighted by Gasteiger charge is -2.43. The summed E-state index contributed by atoms with van der Waals surface area (Å²) in [6.07, 6.45) is 3.90. The molecular formula is C18H19F3N2O. The van der Waals surface area contributed by atoms with Gasteiger partial charge in [0.05, 0.1) is 12.2 Å². The highest BCUT2D eigenvalue weighted by Gasteiger charge is 2.70. The zero-order valence-corrected chi connectivity index (χ0v) is 13.4. The lowest BCUT2D eigenvalue weighted by Crippen LogP contribution is -2.51. The van der Waals surface area contributed by atoms with E-state index < -0.39 is 17.2 Å². The van der Waals surface area contributed by atoms with Gasteiger partial charge in [-0.2, -0.15) is 0 Å². The number of carbonyl (C=O) groups excluding carboxylic acids is 1. The van der Waals surface area contributed by atoms with Crippen molar-refractivity contribution in [2.45, 2.75) is 50.5 Å². The quantitative estimate of drug-likeness (QED) is 0.784. The topological polar surface area (TPSA) is 33.2 Å². The smallest absolute Gasteiger partial charge is 0.262 e. The standard InChI is InChI=1S/C18H19F3N2O/c1-9-8-23(15-11-6-22-7-12(19)14(11)13(9)15)16(24)17-3-2-10(4-17)5-18(17,20)21/h6-7,9-10,13,15H,2-5,8H2,1H3/t9-,10?,13?,15+,17?/m0/s1. The predicted molar refractivity (Wildman–Crippen MR) is 79.9 cm³/mol. The third kappa shape index (κ3) is 1.51. The summed E-state index contributed by atoms with van der Waals surface area (Å²) in [5.74, 6) is -3.72. The molecule has 24 heavy (non-hydrogen) atoms. The molecule has 128 valence electrons. The van der Waals surface area contributed by atoms with Crippen molar-refractivity contribution in [1.29, 1.82) is 0 Å². The molecular weight excluding hydrogens is 317 g/mol. The van der Waals surface area contributed by atoms with E-state index >= 15 is 0 Å². The first-order chi connectivity index (χ1) is 11.4. The fraction of sp³-hybridized carbons (Fsp3) is 0.667. The molecule has 0 aromatic carbocycles. The second kappa shape index (κ2) is 4.33. The molecule has 5 atom stereocenters. The Morgan fingerprint density at radius 3 is 2.79 bits per heavy atom. The minimum atomic E-state index is -2.92. The number of fused-ring (bicyclic) bond motifs is 6. The van der Waals surface area contributed by atoms with Gasteiger partial charge in [0.1, 0.15) is 11.2 Å². The molecule has 5 rings (SSSR count). The minimum absolute atomic E-state index is 0.0347. The second-order valence-corrected chi connectivity index (χ2v) is 8.13. The minimum Gasteiger partial charge on any atom is -0.334 e. The summed E-state index contributed by atoms with van der Waals surface area (Å²) < 4.78 is 43.2. The molecule has 0 radical (unpaired) electrons. The lowest BCUT2D eigenvalue weighted by molar-refractivity contribution is -0.169. The number of alkyl halides is 2. The highest BCUT2D eigenvalue weighted by atomic mass is 19.3. The van der Waals surface area contributed by atoms with Crippen molar-refractivity contribution in [1.82, 2.24) is 9.88 Å². The highest BCUT2D eigenvalue weighted by molar-refractivity contribution is 5.86. The third-order valence-corrected chi connectivity index (χ3v) is 6.93. The van der Waals surface area contributed by atoms with Crippen molar-refractivity contribution < 1.29 is 18.0 Å². The van der Waals surface area contributed by atoms with Crippen molar-refractivity contribution in [3.8, 4) is 0 Å². The van der Waals surface area contributed by atoms with E-state index in [1.54, 1.807) is 11.1 Å². The van der Waals surface area contributed by atoms with E-state index in [0.29, 0.717) is 30.5 Å². The second-order valence-electron chi connectivity index (χ2n) is 8.13. The molecule has 0 spiro atoms. The van der Waals surface area contributed by atoms with Gasteiger partial charge >= 0.3 is 0 Å². The van der Waals surface area contributed by atoms with Crippen LogP contribution in [0.3, 0.4) is 0 Å². The van der Waals surface area contributed by atoms with Crippen LogP contribution in [-0.4, -0.2) is 28.3 Å². The van der Waals surface area contributed by atoms with Crippen LogP contribution < -0.4 is 0 Å². The van der Waals surface area contributed by atoms with Crippen LogP contribution in [0.25, 0.3) is 0 Å². The van der Waals surface area contributed by atoms with Crippen LogP contribution in [0.2, 0.25) is 0 Å². The van der Waals surface area contributed by atoms with Gasteiger partial charge in [0.15, 0.2) is 0 Å². The average molecular weight is 336 g/mol. The lowest BCUT2D eigenvalue weighted by atomic mass is 9.70. The molecule has 2 heterocycles. The molecule has 1 aromatic heterocycles. The summed E-state index contributed by atoms with van der Waals surface area (Å²) in [5, 5.41) is 0. The van der Waals surface area contributed by atoms with Crippen LogP contribution >= 0.6 is 0 Å². The predicted octanol–water partition coefficient (Wildman–Crippen LogP) is 3.66. The molecule has 4 aliphatic rings. The van der Waals surface area contributed by atoms with Crippen molar-refractivity contribution in [3.05, 3.63) is 29.3 Å². The van der Waals surface area contributed by atoms with Gasteiger partial charge in [0.25, 0.3) is 5.92 Å². The number of rotatable bonds is 1. The van der Waals surface area contributed by atoms with Crippen LogP contribution in [0, 0.1) is 23.1 Å². The molecule has 3 unspecified atom stereocenters. The number of hydrogen-bond acceptors (Lipinski definition) is 2. The van der Waals surface area contributed by atoms with Crippen LogP contribution in [0.15, 0.2) is 12.4 Å².